The van der Waals surface area contributed by atoms with E-state index in [-0.39, 0.29) is 18.1 Å². The highest BCUT2D eigenvalue weighted by molar-refractivity contribution is 9.10. The van der Waals surface area contributed by atoms with Crippen LogP contribution in [0, 0.1) is 27.3 Å². The molecular weight excluding hydrogens is 479 g/mol. The molecule has 3 aromatic carbocycles. The Hall–Kier alpha value is -3.70. The summed E-state index contributed by atoms with van der Waals surface area (Å²) in [5, 5.41) is 20.5. The summed E-state index contributed by atoms with van der Waals surface area (Å²) in [4.78, 5) is 10.4. The van der Waals surface area contributed by atoms with Crippen molar-refractivity contribution in [2.24, 2.45) is 0 Å². The average molecular weight is 497 g/mol. The molecule has 8 heteroatoms. The van der Waals surface area contributed by atoms with Crippen LogP contribution in [-0.4, -0.2) is 11.5 Å². The minimum absolute atomic E-state index is 0.0477. The monoisotopic (exact) mass is 496 g/mol. The maximum atomic E-state index is 13.1. The van der Waals surface area contributed by atoms with Gasteiger partial charge in [-0.15, -0.1) is 0 Å². The largest absolute Gasteiger partial charge is 0.490 e. The first-order valence-corrected chi connectivity index (χ1v) is 10.4. The van der Waals surface area contributed by atoms with E-state index in [1.165, 1.54) is 36.4 Å². The molecule has 0 bridgehead atoms. The van der Waals surface area contributed by atoms with Crippen molar-refractivity contribution in [3.05, 3.63) is 97.8 Å². The molecule has 6 nitrogen and oxygen atoms in total. The number of ether oxygens (including phenoxy) is 2. The number of hydrogen-bond acceptors (Lipinski definition) is 5. The highest BCUT2D eigenvalue weighted by atomic mass is 79.9. The summed E-state index contributed by atoms with van der Waals surface area (Å²) in [6.45, 7) is 2.48. The summed E-state index contributed by atoms with van der Waals surface area (Å²) < 4.78 is 25.4. The molecule has 162 valence electrons. The van der Waals surface area contributed by atoms with Crippen molar-refractivity contribution in [2.45, 2.75) is 13.5 Å². The molecule has 0 N–H and O–H groups in total. The van der Waals surface area contributed by atoms with Gasteiger partial charge < -0.3 is 9.47 Å². The third kappa shape index (κ3) is 5.71. The van der Waals surface area contributed by atoms with Crippen LogP contribution in [0.3, 0.4) is 0 Å². The van der Waals surface area contributed by atoms with Crippen molar-refractivity contribution >= 4 is 33.3 Å². The second kappa shape index (κ2) is 10.6. The van der Waals surface area contributed by atoms with Gasteiger partial charge in [0.15, 0.2) is 11.5 Å². The molecule has 3 aromatic rings. The predicted octanol–water partition coefficient (Wildman–Crippen LogP) is 6.54. The number of allylic oxidation sites excluding steroid dienone is 1. The lowest BCUT2D eigenvalue weighted by Crippen LogP contribution is -2.00. The van der Waals surface area contributed by atoms with Gasteiger partial charge in [-0.25, -0.2) is 4.39 Å². The summed E-state index contributed by atoms with van der Waals surface area (Å²) in [6, 6.07) is 17.4. The van der Waals surface area contributed by atoms with E-state index in [4.69, 9.17) is 9.47 Å². The molecule has 0 unspecified atom stereocenters. The first-order chi connectivity index (χ1) is 15.4. The van der Waals surface area contributed by atoms with Crippen molar-refractivity contribution in [3.63, 3.8) is 0 Å². The normalized spacial score (nSPS) is 11.0. The number of nitrogens with zero attached hydrogens (tertiary/aromatic N) is 2. The van der Waals surface area contributed by atoms with Crippen LogP contribution in [0.4, 0.5) is 10.1 Å². The third-order valence-electron chi connectivity index (χ3n) is 4.48. The molecule has 0 saturated heterocycles. The molecule has 0 aliphatic carbocycles. The number of halogens is 2. The van der Waals surface area contributed by atoms with Crippen LogP contribution in [-0.2, 0) is 6.61 Å². The first kappa shape index (κ1) is 23.0. The Balaban J connectivity index is 1.90. The van der Waals surface area contributed by atoms with Gasteiger partial charge in [0.05, 0.1) is 23.2 Å². The van der Waals surface area contributed by atoms with Crippen molar-refractivity contribution in [2.75, 3.05) is 6.61 Å². The first-order valence-electron chi connectivity index (χ1n) is 9.61. The zero-order chi connectivity index (χ0) is 23.1. The molecule has 0 spiro atoms. The van der Waals surface area contributed by atoms with Crippen molar-refractivity contribution in [1.82, 2.24) is 0 Å². The molecule has 0 aliphatic heterocycles. The maximum Gasteiger partial charge on any atom is 0.269 e. The van der Waals surface area contributed by atoms with Gasteiger partial charge in [-0.3, -0.25) is 10.1 Å². The van der Waals surface area contributed by atoms with Crippen LogP contribution in [0.1, 0.15) is 23.6 Å². The zero-order valence-electron chi connectivity index (χ0n) is 17.0. The molecule has 0 amide bonds. The molecule has 0 radical (unpaired) electrons. The van der Waals surface area contributed by atoms with Crippen LogP contribution in [0.15, 0.2) is 65.1 Å². The van der Waals surface area contributed by atoms with Crippen LogP contribution < -0.4 is 9.47 Å². The number of non-ortho nitro benzene ring substituents is 1. The fraction of sp³-hybridized carbons (Fsp3) is 0.125. The van der Waals surface area contributed by atoms with Crippen molar-refractivity contribution in [1.29, 1.82) is 5.26 Å². The Morgan fingerprint density at radius 1 is 1.12 bits per heavy atom. The van der Waals surface area contributed by atoms with E-state index in [1.54, 1.807) is 30.3 Å². The molecule has 0 aliphatic rings. The van der Waals surface area contributed by atoms with E-state index >= 15 is 0 Å². The Morgan fingerprint density at radius 2 is 1.78 bits per heavy atom. The molecule has 0 saturated carbocycles. The van der Waals surface area contributed by atoms with Gasteiger partial charge >= 0.3 is 0 Å². The molecule has 32 heavy (non-hydrogen) atoms. The topological polar surface area (TPSA) is 85.4 Å². The fourth-order valence-electron chi connectivity index (χ4n) is 2.88. The van der Waals surface area contributed by atoms with E-state index in [1.807, 2.05) is 6.92 Å². The SMILES string of the molecule is CCOc1cc(/C=C(/C#N)c2ccc([N+](=O)[O-])cc2)c(Br)cc1OCc1ccc(F)cc1. The summed E-state index contributed by atoms with van der Waals surface area (Å²) in [5.74, 6) is 0.669. The molecule has 0 atom stereocenters. The summed E-state index contributed by atoms with van der Waals surface area (Å²) in [7, 11) is 0. The van der Waals surface area contributed by atoms with Gasteiger partial charge in [-0.2, -0.15) is 5.26 Å². The minimum Gasteiger partial charge on any atom is -0.490 e. The highest BCUT2D eigenvalue weighted by Gasteiger charge is 2.13. The summed E-state index contributed by atoms with van der Waals surface area (Å²) >= 11 is 3.50. The van der Waals surface area contributed by atoms with E-state index in [0.29, 0.717) is 39.3 Å². The molecular formula is C24H18BrFN2O4. The van der Waals surface area contributed by atoms with Gasteiger partial charge in [-0.1, -0.05) is 28.1 Å². The molecule has 3 rings (SSSR count). The lowest BCUT2D eigenvalue weighted by Gasteiger charge is -2.14. The molecule has 0 fully saturated rings. The Kier molecular flexibility index (Phi) is 7.58. The average Bonchev–Trinajstić information content (AvgIpc) is 2.79. The van der Waals surface area contributed by atoms with E-state index in [9.17, 15) is 19.8 Å². The Morgan fingerprint density at radius 3 is 2.38 bits per heavy atom. The summed E-state index contributed by atoms with van der Waals surface area (Å²) in [6.07, 6.45) is 1.66. The molecule has 0 aromatic heterocycles. The number of rotatable bonds is 8. The molecule has 0 heterocycles. The lowest BCUT2D eigenvalue weighted by atomic mass is 10.0. The van der Waals surface area contributed by atoms with Gasteiger partial charge in [0.1, 0.15) is 12.4 Å². The van der Waals surface area contributed by atoms with Crippen LogP contribution in [0.25, 0.3) is 11.6 Å². The highest BCUT2D eigenvalue weighted by Crippen LogP contribution is 2.36. The van der Waals surface area contributed by atoms with Crippen LogP contribution in [0.5, 0.6) is 11.5 Å². The zero-order valence-corrected chi connectivity index (χ0v) is 18.6. The van der Waals surface area contributed by atoms with Crippen LogP contribution in [0.2, 0.25) is 0 Å². The summed E-state index contributed by atoms with van der Waals surface area (Å²) in [5.41, 5.74) is 2.33. The maximum absolute atomic E-state index is 13.1. The number of nitro benzene ring substituents is 1. The predicted molar refractivity (Wildman–Crippen MR) is 123 cm³/mol. The van der Waals surface area contributed by atoms with E-state index < -0.39 is 4.92 Å². The van der Waals surface area contributed by atoms with E-state index in [0.717, 1.165) is 5.56 Å². The van der Waals surface area contributed by atoms with Gasteiger partial charge in [0.2, 0.25) is 0 Å². The van der Waals surface area contributed by atoms with Crippen LogP contribution >= 0.6 is 15.9 Å². The minimum atomic E-state index is -0.491. The lowest BCUT2D eigenvalue weighted by molar-refractivity contribution is -0.384. The third-order valence-corrected chi connectivity index (χ3v) is 5.17. The Bertz CT molecular complexity index is 1190. The number of nitro groups is 1. The Labute approximate surface area is 192 Å². The second-order valence-electron chi connectivity index (χ2n) is 6.64. The number of nitriles is 1. The number of hydrogen-bond donors (Lipinski definition) is 0. The number of benzene rings is 3. The van der Waals surface area contributed by atoms with Gasteiger partial charge in [0, 0.05) is 16.6 Å². The van der Waals surface area contributed by atoms with Crippen molar-refractivity contribution < 1.29 is 18.8 Å². The van der Waals surface area contributed by atoms with E-state index in [2.05, 4.69) is 22.0 Å². The smallest absolute Gasteiger partial charge is 0.269 e. The van der Waals surface area contributed by atoms with Gasteiger partial charge in [-0.05, 0) is 66.1 Å². The van der Waals surface area contributed by atoms with Gasteiger partial charge in [0.25, 0.3) is 5.69 Å². The van der Waals surface area contributed by atoms with Crippen molar-refractivity contribution in [3.8, 4) is 17.6 Å². The fourth-order valence-corrected chi connectivity index (χ4v) is 3.32. The standard InChI is InChI=1S/C24H18BrFN2O4/c1-2-31-23-12-18(11-19(14-27)17-5-9-21(10-6-17)28(29)30)22(25)13-24(23)32-15-16-3-7-20(26)8-4-16/h3-13H,2,15H2,1H3/b19-11-. The quantitative estimate of drug-likeness (QED) is 0.153. The second-order valence-corrected chi connectivity index (χ2v) is 7.50.